The number of nitrogens with zero attached hydrogens (tertiary/aromatic N) is 1. The number of fused-ring (bicyclic) bond motifs is 2. The zero-order chi connectivity index (χ0) is 30.6. The number of carbonyl (C=O) groups is 3. The van der Waals surface area contributed by atoms with Crippen molar-refractivity contribution in [1.82, 2.24) is 10.2 Å². The van der Waals surface area contributed by atoms with Crippen molar-refractivity contribution >= 4 is 17.8 Å². The summed E-state index contributed by atoms with van der Waals surface area (Å²) in [4.78, 5) is 39.9. The van der Waals surface area contributed by atoms with Crippen molar-refractivity contribution in [3.05, 3.63) is 0 Å². The average Bonchev–Trinajstić information content (AvgIpc) is 3.45. The van der Waals surface area contributed by atoms with Gasteiger partial charge in [0.05, 0.1) is 18.1 Å². The number of aliphatic hydroxyl groups is 2. The van der Waals surface area contributed by atoms with Crippen LogP contribution in [0.1, 0.15) is 97.8 Å². The largest absolute Gasteiger partial charge is 0.464 e. The minimum atomic E-state index is -0.595. The third-order valence-corrected chi connectivity index (χ3v) is 10.3. The van der Waals surface area contributed by atoms with E-state index in [9.17, 15) is 24.6 Å². The third kappa shape index (κ3) is 10.8. The van der Waals surface area contributed by atoms with Crippen molar-refractivity contribution < 1.29 is 29.3 Å². The van der Waals surface area contributed by atoms with Gasteiger partial charge in [0.1, 0.15) is 6.61 Å². The van der Waals surface area contributed by atoms with Crippen LogP contribution in [0.2, 0.25) is 0 Å². The Hall–Kier alpha value is -1.71. The molecule has 0 heterocycles. The summed E-state index contributed by atoms with van der Waals surface area (Å²) < 4.78 is 5.53. The van der Waals surface area contributed by atoms with Crippen LogP contribution in [0.4, 0.5) is 0 Å². The first-order valence-electron chi connectivity index (χ1n) is 16.1. The molecule has 2 saturated carbocycles. The molecule has 0 saturated heterocycles. The number of nitrogens with one attached hydrogen (secondary N) is 1. The molecule has 9 heteroatoms. The van der Waals surface area contributed by atoms with Gasteiger partial charge in [-0.05, 0) is 102 Å². The number of primary amides is 1. The molecule has 238 valence electrons. The smallest absolute Gasteiger partial charge is 0.311 e. The van der Waals surface area contributed by atoms with Gasteiger partial charge >= 0.3 is 5.97 Å². The van der Waals surface area contributed by atoms with Crippen molar-refractivity contribution in [3.63, 3.8) is 0 Å². The van der Waals surface area contributed by atoms with Gasteiger partial charge in [-0.15, -0.1) is 0 Å². The molecular weight excluding hydrogens is 522 g/mol. The quantitative estimate of drug-likeness (QED) is 0.152. The molecule has 2 fully saturated rings. The molecule has 2 aliphatic carbocycles. The van der Waals surface area contributed by atoms with E-state index in [1.54, 1.807) is 0 Å². The van der Waals surface area contributed by atoms with Crippen molar-refractivity contribution in [2.75, 3.05) is 40.4 Å². The Morgan fingerprint density at radius 2 is 1.73 bits per heavy atom. The number of amides is 2. The van der Waals surface area contributed by atoms with Gasteiger partial charge < -0.3 is 30.9 Å². The second-order valence-electron chi connectivity index (χ2n) is 13.4. The summed E-state index contributed by atoms with van der Waals surface area (Å²) in [6.45, 7) is 7.36. The van der Waals surface area contributed by atoms with Gasteiger partial charge in [-0.2, -0.15) is 0 Å². The fourth-order valence-corrected chi connectivity index (χ4v) is 7.22. The van der Waals surface area contributed by atoms with E-state index in [1.165, 1.54) is 0 Å². The highest BCUT2D eigenvalue weighted by atomic mass is 16.5. The van der Waals surface area contributed by atoms with Gasteiger partial charge in [-0.1, -0.05) is 33.1 Å². The minimum Gasteiger partial charge on any atom is -0.464 e. The minimum absolute atomic E-state index is 0.0923. The zero-order valence-corrected chi connectivity index (χ0v) is 26.4. The Balaban J connectivity index is 1.84. The van der Waals surface area contributed by atoms with Crippen LogP contribution in [0.15, 0.2) is 0 Å². The third-order valence-electron chi connectivity index (χ3n) is 10.3. The van der Waals surface area contributed by atoms with Gasteiger partial charge in [-0.3, -0.25) is 14.4 Å². The first-order valence-corrected chi connectivity index (χ1v) is 16.1. The maximum atomic E-state index is 12.9. The lowest BCUT2D eigenvalue weighted by molar-refractivity contribution is -0.156. The SMILES string of the molecule is CCC(C)(CCCC(CCCC(CCCC1C(C)C2CC(O)C1C2)C(N)=O)C(=O)NCCO)C(=O)OCCN(C)C. The number of nitrogens with two attached hydrogens (primary N) is 1. The summed E-state index contributed by atoms with van der Waals surface area (Å²) in [5.74, 6) is 1.21. The number of aliphatic hydroxyl groups excluding tert-OH is 2. The molecule has 0 aromatic heterocycles. The fraction of sp³-hybridized carbons (Fsp3) is 0.906. The predicted octanol–water partition coefficient (Wildman–Crippen LogP) is 3.50. The van der Waals surface area contributed by atoms with Crippen LogP contribution in [0.3, 0.4) is 0 Å². The van der Waals surface area contributed by atoms with Gasteiger partial charge in [-0.25, -0.2) is 0 Å². The molecule has 2 aliphatic rings. The van der Waals surface area contributed by atoms with Crippen molar-refractivity contribution in [3.8, 4) is 0 Å². The normalized spacial score (nSPS) is 26.5. The van der Waals surface area contributed by atoms with Gasteiger partial charge in [0.15, 0.2) is 0 Å². The van der Waals surface area contributed by atoms with Crippen LogP contribution in [0.25, 0.3) is 0 Å². The Labute approximate surface area is 248 Å². The monoisotopic (exact) mass is 581 g/mol. The van der Waals surface area contributed by atoms with Crippen molar-refractivity contribution in [1.29, 1.82) is 0 Å². The number of rotatable bonds is 21. The van der Waals surface area contributed by atoms with E-state index in [2.05, 4.69) is 12.2 Å². The molecule has 0 spiro atoms. The maximum Gasteiger partial charge on any atom is 0.311 e. The van der Waals surface area contributed by atoms with E-state index in [4.69, 9.17) is 10.5 Å². The summed E-state index contributed by atoms with van der Waals surface area (Å²) in [7, 11) is 3.87. The van der Waals surface area contributed by atoms with E-state index >= 15 is 0 Å². The topological polar surface area (TPSA) is 142 Å². The molecule has 8 unspecified atom stereocenters. The molecule has 41 heavy (non-hydrogen) atoms. The Morgan fingerprint density at radius 3 is 2.34 bits per heavy atom. The first kappa shape index (κ1) is 35.5. The van der Waals surface area contributed by atoms with Crippen LogP contribution in [0, 0.1) is 40.9 Å². The Morgan fingerprint density at radius 1 is 1.07 bits per heavy atom. The summed E-state index contributed by atoms with van der Waals surface area (Å²) in [6.07, 6.45) is 9.26. The van der Waals surface area contributed by atoms with Crippen LogP contribution in [-0.2, 0) is 19.1 Å². The summed E-state index contributed by atoms with van der Waals surface area (Å²) in [5.41, 5.74) is 5.18. The molecule has 0 aromatic carbocycles. The molecule has 2 bridgehead atoms. The first-order chi connectivity index (χ1) is 19.4. The molecule has 9 nitrogen and oxygen atoms in total. The molecule has 2 amide bonds. The van der Waals surface area contributed by atoms with Crippen LogP contribution in [-0.4, -0.2) is 79.4 Å². The molecule has 0 radical (unpaired) electrons. The Kier molecular flexibility index (Phi) is 15.1. The number of hydrogen-bond acceptors (Lipinski definition) is 7. The predicted molar refractivity (Wildman–Crippen MR) is 161 cm³/mol. The molecule has 8 atom stereocenters. The lowest BCUT2D eigenvalue weighted by Crippen LogP contribution is -2.34. The Bertz CT molecular complexity index is 823. The number of carbonyl (C=O) groups excluding carboxylic acids is 3. The van der Waals surface area contributed by atoms with E-state index < -0.39 is 5.41 Å². The molecule has 0 aromatic rings. The highest BCUT2D eigenvalue weighted by Crippen LogP contribution is 2.53. The number of hydrogen-bond donors (Lipinski definition) is 4. The lowest BCUT2D eigenvalue weighted by Gasteiger charge is -2.32. The molecule has 0 aliphatic heterocycles. The van der Waals surface area contributed by atoms with Gasteiger partial charge in [0.25, 0.3) is 0 Å². The highest BCUT2D eigenvalue weighted by Gasteiger charge is 2.49. The van der Waals surface area contributed by atoms with Crippen LogP contribution >= 0.6 is 0 Å². The summed E-state index contributed by atoms with van der Waals surface area (Å²) >= 11 is 0. The van der Waals surface area contributed by atoms with Gasteiger partial charge in [0.2, 0.25) is 11.8 Å². The fourth-order valence-electron chi connectivity index (χ4n) is 7.22. The van der Waals surface area contributed by atoms with Crippen LogP contribution < -0.4 is 11.1 Å². The number of esters is 1. The molecule has 2 rings (SSSR count). The second kappa shape index (κ2) is 17.4. The van der Waals surface area contributed by atoms with E-state index in [0.717, 1.165) is 32.1 Å². The van der Waals surface area contributed by atoms with Crippen LogP contribution in [0.5, 0.6) is 0 Å². The molecular formula is C32H59N3O6. The average molecular weight is 582 g/mol. The van der Waals surface area contributed by atoms with Gasteiger partial charge in [0, 0.05) is 24.9 Å². The lowest BCUT2D eigenvalue weighted by atomic mass is 9.76. The maximum absolute atomic E-state index is 12.9. The van der Waals surface area contributed by atoms with Crippen molar-refractivity contribution in [2.24, 2.45) is 46.7 Å². The van der Waals surface area contributed by atoms with E-state index in [0.29, 0.717) is 81.8 Å². The second-order valence-corrected chi connectivity index (χ2v) is 13.4. The highest BCUT2D eigenvalue weighted by molar-refractivity contribution is 5.79. The van der Waals surface area contributed by atoms with E-state index in [-0.39, 0.29) is 48.9 Å². The number of ether oxygens (including phenoxy) is 1. The standard InChI is InChI=1S/C32H59N3O6/c1-6-32(3,31(40)41-19-17-35(4)5)15-9-13-24(30(39)34-16-18-36)12-7-10-23(29(33)38)11-8-14-26-22(2)25-20-27(26)28(37)21-25/h22-28,36-37H,6-21H2,1-5H3,(H2,33,38)(H,34,39). The number of likely N-dealkylation sites (N-methyl/N-ethyl adjacent to an activating group) is 1. The summed E-state index contributed by atoms with van der Waals surface area (Å²) in [6, 6.07) is 0. The van der Waals surface area contributed by atoms with Crippen molar-refractivity contribution in [2.45, 2.75) is 104 Å². The molecule has 5 N–H and O–H groups in total. The van der Waals surface area contributed by atoms with E-state index in [1.807, 2.05) is 32.8 Å². The zero-order valence-electron chi connectivity index (χ0n) is 26.4. The summed E-state index contributed by atoms with van der Waals surface area (Å²) in [5, 5.41) is 22.3.